The van der Waals surface area contributed by atoms with Crippen LogP contribution in [-0.2, 0) is 6.54 Å². The van der Waals surface area contributed by atoms with Gasteiger partial charge in [-0.05, 0) is 42.0 Å². The summed E-state index contributed by atoms with van der Waals surface area (Å²) in [7, 11) is 5.62. The average Bonchev–Trinajstić information content (AvgIpc) is 3.16. The Kier molecular flexibility index (Phi) is 5.53. The van der Waals surface area contributed by atoms with Gasteiger partial charge in [0, 0.05) is 37.3 Å². The van der Waals surface area contributed by atoms with Crippen LogP contribution < -0.4 is 15.0 Å². The van der Waals surface area contributed by atoms with Gasteiger partial charge < -0.3 is 15.0 Å². The standard InChI is InChI=1S/C20H21N3O2S/c1-23(2)16-6-4-5-14(11-16)12-21-19(24)18-13-26-20(22-18)15-7-9-17(25-3)10-8-15/h4-11,13H,12H2,1-3H3,(H,21,24). The third-order valence-electron chi connectivity index (χ3n) is 3.95. The van der Waals surface area contributed by atoms with Crippen molar-refractivity contribution in [3.8, 4) is 16.3 Å². The summed E-state index contributed by atoms with van der Waals surface area (Å²) in [5.74, 6) is 0.625. The molecular formula is C20H21N3O2S. The molecule has 1 aromatic heterocycles. The first-order chi connectivity index (χ1) is 12.6. The SMILES string of the molecule is COc1ccc(-c2nc(C(=O)NCc3cccc(N(C)C)c3)cs2)cc1. The van der Waals surface area contributed by atoms with E-state index < -0.39 is 0 Å². The molecular weight excluding hydrogens is 346 g/mol. The number of carbonyl (C=O) groups excluding carboxylic acids is 1. The number of anilines is 1. The second-order valence-corrected chi connectivity index (χ2v) is 6.87. The van der Waals surface area contributed by atoms with Gasteiger partial charge in [-0.1, -0.05) is 12.1 Å². The number of carbonyl (C=O) groups is 1. The number of thiazole rings is 1. The van der Waals surface area contributed by atoms with Gasteiger partial charge in [0.25, 0.3) is 5.91 Å². The monoisotopic (exact) mass is 367 g/mol. The van der Waals surface area contributed by atoms with Crippen molar-refractivity contribution in [1.82, 2.24) is 10.3 Å². The van der Waals surface area contributed by atoms with Crippen molar-refractivity contribution < 1.29 is 9.53 Å². The number of nitrogens with one attached hydrogen (secondary N) is 1. The van der Waals surface area contributed by atoms with Crippen LogP contribution >= 0.6 is 11.3 Å². The lowest BCUT2D eigenvalue weighted by molar-refractivity contribution is 0.0946. The molecule has 0 fully saturated rings. The van der Waals surface area contributed by atoms with E-state index >= 15 is 0 Å². The number of aromatic nitrogens is 1. The highest BCUT2D eigenvalue weighted by Gasteiger charge is 2.12. The lowest BCUT2D eigenvalue weighted by atomic mass is 10.2. The zero-order chi connectivity index (χ0) is 18.5. The van der Waals surface area contributed by atoms with Crippen LogP contribution in [-0.4, -0.2) is 32.1 Å². The van der Waals surface area contributed by atoms with E-state index in [1.165, 1.54) is 11.3 Å². The summed E-state index contributed by atoms with van der Waals surface area (Å²) in [6.07, 6.45) is 0. The summed E-state index contributed by atoms with van der Waals surface area (Å²) in [5.41, 5.74) is 3.56. The van der Waals surface area contributed by atoms with E-state index in [4.69, 9.17) is 4.74 Å². The van der Waals surface area contributed by atoms with Crippen molar-refractivity contribution >= 4 is 22.9 Å². The Bertz CT molecular complexity index is 888. The summed E-state index contributed by atoms with van der Waals surface area (Å²) >= 11 is 1.45. The molecule has 3 rings (SSSR count). The van der Waals surface area contributed by atoms with Crippen LogP contribution in [0.2, 0.25) is 0 Å². The number of amides is 1. The van der Waals surface area contributed by atoms with Crippen LogP contribution in [0.1, 0.15) is 16.1 Å². The Morgan fingerprint density at radius 1 is 1.19 bits per heavy atom. The minimum absolute atomic E-state index is 0.170. The van der Waals surface area contributed by atoms with Crippen LogP contribution in [0.15, 0.2) is 53.9 Å². The number of nitrogens with zero attached hydrogens (tertiary/aromatic N) is 2. The van der Waals surface area contributed by atoms with Crippen molar-refractivity contribution in [2.75, 3.05) is 26.1 Å². The highest BCUT2D eigenvalue weighted by Crippen LogP contribution is 2.25. The first-order valence-electron chi connectivity index (χ1n) is 8.21. The van der Waals surface area contributed by atoms with Gasteiger partial charge in [0.15, 0.2) is 0 Å². The second-order valence-electron chi connectivity index (χ2n) is 6.01. The fraction of sp³-hybridized carbons (Fsp3) is 0.200. The van der Waals surface area contributed by atoms with E-state index in [1.54, 1.807) is 12.5 Å². The molecule has 0 aliphatic heterocycles. The summed E-state index contributed by atoms with van der Waals surface area (Å²) in [5, 5.41) is 5.53. The van der Waals surface area contributed by atoms with Gasteiger partial charge in [0.1, 0.15) is 16.5 Å². The maximum Gasteiger partial charge on any atom is 0.271 e. The van der Waals surface area contributed by atoms with E-state index in [2.05, 4.69) is 16.4 Å². The maximum atomic E-state index is 12.4. The molecule has 134 valence electrons. The van der Waals surface area contributed by atoms with Gasteiger partial charge >= 0.3 is 0 Å². The molecule has 1 heterocycles. The van der Waals surface area contributed by atoms with E-state index in [0.717, 1.165) is 27.6 Å². The van der Waals surface area contributed by atoms with Crippen molar-refractivity contribution in [1.29, 1.82) is 0 Å². The maximum absolute atomic E-state index is 12.4. The van der Waals surface area contributed by atoms with Crippen molar-refractivity contribution in [3.63, 3.8) is 0 Å². The quantitative estimate of drug-likeness (QED) is 0.720. The number of benzene rings is 2. The Morgan fingerprint density at radius 2 is 1.96 bits per heavy atom. The molecule has 0 saturated heterocycles. The minimum atomic E-state index is -0.170. The normalized spacial score (nSPS) is 10.4. The fourth-order valence-electron chi connectivity index (χ4n) is 2.46. The summed E-state index contributed by atoms with van der Waals surface area (Å²) in [6.45, 7) is 0.468. The third-order valence-corrected chi connectivity index (χ3v) is 4.85. The second kappa shape index (κ2) is 8.01. The fourth-order valence-corrected chi connectivity index (χ4v) is 3.27. The Hall–Kier alpha value is -2.86. The highest BCUT2D eigenvalue weighted by atomic mass is 32.1. The Labute approximate surface area is 157 Å². The Balaban J connectivity index is 1.65. The summed E-state index contributed by atoms with van der Waals surface area (Å²) in [4.78, 5) is 18.9. The molecule has 0 spiro atoms. The molecule has 0 unspecified atom stereocenters. The van der Waals surface area contributed by atoms with Crippen LogP contribution in [0.25, 0.3) is 10.6 Å². The van der Waals surface area contributed by atoms with Crippen molar-refractivity contribution in [2.24, 2.45) is 0 Å². The molecule has 5 nitrogen and oxygen atoms in total. The number of rotatable bonds is 6. The van der Waals surface area contributed by atoms with Gasteiger partial charge in [0.05, 0.1) is 7.11 Å². The smallest absolute Gasteiger partial charge is 0.271 e. The lowest BCUT2D eigenvalue weighted by Gasteiger charge is -2.13. The predicted molar refractivity (Wildman–Crippen MR) is 106 cm³/mol. The number of hydrogen-bond acceptors (Lipinski definition) is 5. The van der Waals surface area contributed by atoms with Gasteiger partial charge in [-0.25, -0.2) is 4.98 Å². The van der Waals surface area contributed by atoms with Crippen molar-refractivity contribution in [2.45, 2.75) is 6.54 Å². The molecule has 3 aromatic rings. The van der Waals surface area contributed by atoms with Crippen LogP contribution in [0.4, 0.5) is 5.69 Å². The van der Waals surface area contributed by atoms with Crippen LogP contribution in [0, 0.1) is 0 Å². The van der Waals surface area contributed by atoms with Gasteiger partial charge in [-0.2, -0.15) is 0 Å². The molecule has 6 heteroatoms. The minimum Gasteiger partial charge on any atom is -0.497 e. The zero-order valence-electron chi connectivity index (χ0n) is 15.0. The van der Waals surface area contributed by atoms with Gasteiger partial charge in [-0.3, -0.25) is 4.79 Å². The molecule has 0 aliphatic rings. The van der Waals surface area contributed by atoms with E-state index in [1.807, 2.05) is 61.5 Å². The molecule has 0 atom stereocenters. The molecule has 0 radical (unpaired) electrons. The molecule has 1 N–H and O–H groups in total. The van der Waals surface area contributed by atoms with Gasteiger partial charge in [0.2, 0.25) is 0 Å². The topological polar surface area (TPSA) is 54.5 Å². The highest BCUT2D eigenvalue weighted by molar-refractivity contribution is 7.13. The number of hydrogen-bond donors (Lipinski definition) is 1. The molecule has 26 heavy (non-hydrogen) atoms. The number of methoxy groups -OCH3 is 1. The first-order valence-corrected chi connectivity index (χ1v) is 9.09. The predicted octanol–water partition coefficient (Wildman–Crippen LogP) is 3.81. The third kappa shape index (κ3) is 4.21. The zero-order valence-corrected chi connectivity index (χ0v) is 15.8. The molecule has 0 saturated carbocycles. The largest absolute Gasteiger partial charge is 0.497 e. The average molecular weight is 367 g/mol. The van der Waals surface area contributed by atoms with Crippen LogP contribution in [0.5, 0.6) is 5.75 Å². The Morgan fingerprint density at radius 3 is 2.65 bits per heavy atom. The molecule has 0 aliphatic carbocycles. The van der Waals surface area contributed by atoms with E-state index in [9.17, 15) is 4.79 Å². The van der Waals surface area contributed by atoms with Gasteiger partial charge in [-0.15, -0.1) is 11.3 Å². The number of ether oxygens (including phenoxy) is 1. The first kappa shape index (κ1) is 17.9. The lowest BCUT2D eigenvalue weighted by Crippen LogP contribution is -2.23. The summed E-state index contributed by atoms with van der Waals surface area (Å²) < 4.78 is 5.16. The molecule has 2 aromatic carbocycles. The summed E-state index contributed by atoms with van der Waals surface area (Å²) in [6, 6.07) is 15.7. The van der Waals surface area contributed by atoms with E-state index in [-0.39, 0.29) is 5.91 Å². The molecule has 0 bridgehead atoms. The molecule has 1 amide bonds. The van der Waals surface area contributed by atoms with Crippen LogP contribution in [0.3, 0.4) is 0 Å². The van der Waals surface area contributed by atoms with E-state index in [0.29, 0.717) is 12.2 Å². The van der Waals surface area contributed by atoms with Crippen molar-refractivity contribution in [3.05, 3.63) is 65.2 Å².